The van der Waals surface area contributed by atoms with Crippen molar-refractivity contribution in [1.29, 1.82) is 0 Å². The first kappa shape index (κ1) is 10.3. The Hall–Kier alpha value is -1.83. The van der Waals surface area contributed by atoms with E-state index < -0.39 is 0 Å². The van der Waals surface area contributed by atoms with Crippen LogP contribution in [0.25, 0.3) is 0 Å². The van der Waals surface area contributed by atoms with Crippen molar-refractivity contribution in [1.82, 2.24) is 0 Å². The molecule has 0 amide bonds. The van der Waals surface area contributed by atoms with Gasteiger partial charge >= 0.3 is 0 Å². The summed E-state index contributed by atoms with van der Waals surface area (Å²) in [7, 11) is 0. The van der Waals surface area contributed by atoms with Crippen molar-refractivity contribution in [2.75, 3.05) is 11.4 Å². The minimum Gasteiger partial charge on any atom is -0.328 e. The highest BCUT2D eigenvalue weighted by Crippen LogP contribution is 2.32. The number of allylic oxidation sites excluding steroid dienone is 2. The molecular formula is C15H16N2. The molecule has 1 aromatic carbocycles. The van der Waals surface area contributed by atoms with Crippen molar-refractivity contribution in [2.45, 2.75) is 18.9 Å². The predicted molar refractivity (Wildman–Crippen MR) is 72.5 cm³/mol. The smallest absolute Gasteiger partial charge is 0.102 e. The molecule has 0 N–H and O–H groups in total. The van der Waals surface area contributed by atoms with Crippen LogP contribution in [0.4, 0.5) is 5.69 Å². The zero-order valence-electron chi connectivity index (χ0n) is 10.0. The first-order valence-electron chi connectivity index (χ1n) is 6.03. The lowest BCUT2D eigenvalue weighted by Gasteiger charge is -2.25. The Kier molecular flexibility index (Phi) is 2.36. The lowest BCUT2D eigenvalue weighted by molar-refractivity contribution is 0.574. The Morgan fingerprint density at radius 1 is 1.18 bits per heavy atom. The molecule has 1 aliphatic heterocycles. The van der Waals surface area contributed by atoms with Crippen LogP contribution in [0.3, 0.4) is 0 Å². The maximum absolute atomic E-state index is 4.84. The van der Waals surface area contributed by atoms with Crippen LogP contribution in [0, 0.1) is 0 Å². The Balaban J connectivity index is 1.90. The minimum absolute atomic E-state index is 0.0331. The van der Waals surface area contributed by atoms with Crippen molar-refractivity contribution in [2.24, 2.45) is 4.99 Å². The monoisotopic (exact) mass is 224 g/mol. The van der Waals surface area contributed by atoms with E-state index in [1.807, 2.05) is 6.07 Å². The molecule has 1 aliphatic carbocycles. The quantitative estimate of drug-likeness (QED) is 0.715. The molecule has 86 valence electrons. The van der Waals surface area contributed by atoms with Crippen LogP contribution < -0.4 is 4.90 Å². The van der Waals surface area contributed by atoms with Crippen LogP contribution in [0.1, 0.15) is 13.3 Å². The molecule has 2 aliphatic rings. The highest BCUT2D eigenvalue weighted by atomic mass is 15.3. The van der Waals surface area contributed by atoms with Gasteiger partial charge in [-0.2, -0.15) is 0 Å². The van der Waals surface area contributed by atoms with Gasteiger partial charge in [-0.15, -0.1) is 0 Å². The van der Waals surface area contributed by atoms with E-state index in [-0.39, 0.29) is 5.54 Å². The molecule has 0 radical (unpaired) electrons. The molecule has 0 fully saturated rings. The summed E-state index contributed by atoms with van der Waals surface area (Å²) >= 11 is 0. The van der Waals surface area contributed by atoms with E-state index in [4.69, 9.17) is 4.99 Å². The van der Waals surface area contributed by atoms with Crippen LogP contribution in [0.15, 0.2) is 59.6 Å². The van der Waals surface area contributed by atoms with Crippen molar-refractivity contribution in [3.8, 4) is 0 Å². The average Bonchev–Trinajstić information content (AvgIpc) is 2.68. The molecule has 1 spiro atoms. The molecule has 0 aromatic heterocycles. The molecule has 3 rings (SSSR count). The van der Waals surface area contributed by atoms with E-state index in [9.17, 15) is 0 Å². The van der Waals surface area contributed by atoms with Crippen molar-refractivity contribution in [3.63, 3.8) is 0 Å². The standard InChI is InChI=1S/C15H16N2/c1-13-16-15(10-6-3-7-11-15)12-17(13)14-8-4-2-5-9-14/h2-10H,11-12H2,1H3. The van der Waals surface area contributed by atoms with E-state index in [0.29, 0.717) is 0 Å². The number of nitrogens with zero attached hydrogens (tertiary/aromatic N) is 2. The summed E-state index contributed by atoms with van der Waals surface area (Å²) in [6.07, 6.45) is 9.63. The molecule has 1 atom stereocenters. The Morgan fingerprint density at radius 3 is 2.71 bits per heavy atom. The maximum Gasteiger partial charge on any atom is 0.102 e. The molecule has 1 heterocycles. The molecule has 2 heteroatoms. The molecule has 17 heavy (non-hydrogen) atoms. The fourth-order valence-corrected chi connectivity index (χ4v) is 2.55. The van der Waals surface area contributed by atoms with Gasteiger partial charge in [0, 0.05) is 5.69 Å². The molecule has 0 saturated heterocycles. The Labute approximate surface area is 102 Å². The Morgan fingerprint density at radius 2 is 2.00 bits per heavy atom. The molecule has 1 unspecified atom stereocenters. The van der Waals surface area contributed by atoms with E-state index in [1.54, 1.807) is 0 Å². The molecule has 0 bridgehead atoms. The number of amidine groups is 1. The summed E-state index contributed by atoms with van der Waals surface area (Å²) in [5.41, 5.74) is 1.20. The summed E-state index contributed by atoms with van der Waals surface area (Å²) < 4.78 is 0. The first-order chi connectivity index (χ1) is 8.29. The van der Waals surface area contributed by atoms with E-state index in [1.165, 1.54) is 5.69 Å². The van der Waals surface area contributed by atoms with Gasteiger partial charge < -0.3 is 4.90 Å². The van der Waals surface area contributed by atoms with Gasteiger partial charge in [-0.25, -0.2) is 0 Å². The zero-order valence-corrected chi connectivity index (χ0v) is 10.0. The number of aliphatic imine (C=N–C) groups is 1. The second-order valence-corrected chi connectivity index (χ2v) is 4.68. The van der Waals surface area contributed by atoms with E-state index in [2.05, 4.69) is 60.4 Å². The second kappa shape index (κ2) is 3.88. The fraction of sp³-hybridized carbons (Fsp3) is 0.267. The van der Waals surface area contributed by atoms with Crippen LogP contribution >= 0.6 is 0 Å². The van der Waals surface area contributed by atoms with Crippen LogP contribution in [-0.4, -0.2) is 17.9 Å². The highest BCUT2D eigenvalue weighted by Gasteiger charge is 2.35. The number of benzene rings is 1. The number of anilines is 1. The Bertz CT molecular complexity index is 499. The van der Waals surface area contributed by atoms with Gasteiger partial charge in [-0.3, -0.25) is 4.99 Å². The molecular weight excluding hydrogens is 208 g/mol. The molecule has 0 saturated carbocycles. The SMILES string of the molecule is CC1=NC2(C=CC=CC2)CN1c1ccccc1. The van der Waals surface area contributed by atoms with E-state index in [0.717, 1.165) is 18.8 Å². The number of rotatable bonds is 1. The van der Waals surface area contributed by atoms with Gasteiger partial charge in [0.05, 0.1) is 6.54 Å². The summed E-state index contributed by atoms with van der Waals surface area (Å²) in [4.78, 5) is 7.14. The third kappa shape index (κ3) is 1.80. The second-order valence-electron chi connectivity index (χ2n) is 4.68. The third-order valence-electron chi connectivity index (χ3n) is 3.40. The number of para-hydroxylation sites is 1. The fourth-order valence-electron chi connectivity index (χ4n) is 2.55. The highest BCUT2D eigenvalue weighted by molar-refractivity contribution is 5.98. The van der Waals surface area contributed by atoms with Crippen LogP contribution in [0.5, 0.6) is 0 Å². The summed E-state index contributed by atoms with van der Waals surface area (Å²) in [6, 6.07) is 10.5. The van der Waals surface area contributed by atoms with E-state index >= 15 is 0 Å². The summed E-state index contributed by atoms with van der Waals surface area (Å²) in [5.74, 6) is 1.11. The van der Waals surface area contributed by atoms with Gasteiger partial charge in [-0.1, -0.05) is 42.5 Å². The normalized spacial score (nSPS) is 26.6. The predicted octanol–water partition coefficient (Wildman–Crippen LogP) is 3.18. The summed E-state index contributed by atoms with van der Waals surface area (Å²) in [5, 5.41) is 0. The number of hydrogen-bond acceptors (Lipinski definition) is 2. The lowest BCUT2D eigenvalue weighted by atomic mass is 9.92. The zero-order chi connectivity index (χ0) is 11.7. The van der Waals surface area contributed by atoms with Gasteiger partial charge in [0.2, 0.25) is 0 Å². The largest absolute Gasteiger partial charge is 0.328 e. The topological polar surface area (TPSA) is 15.6 Å². The molecule has 1 aromatic rings. The van der Waals surface area contributed by atoms with Gasteiger partial charge in [0.1, 0.15) is 11.4 Å². The van der Waals surface area contributed by atoms with Crippen LogP contribution in [-0.2, 0) is 0 Å². The third-order valence-corrected chi connectivity index (χ3v) is 3.40. The van der Waals surface area contributed by atoms with Crippen molar-refractivity contribution >= 4 is 11.5 Å². The van der Waals surface area contributed by atoms with Crippen molar-refractivity contribution < 1.29 is 0 Å². The molecule has 2 nitrogen and oxygen atoms in total. The maximum atomic E-state index is 4.84. The van der Waals surface area contributed by atoms with Gasteiger partial charge in [-0.05, 0) is 25.5 Å². The van der Waals surface area contributed by atoms with Crippen molar-refractivity contribution in [3.05, 3.63) is 54.6 Å². The first-order valence-corrected chi connectivity index (χ1v) is 6.03. The lowest BCUT2D eigenvalue weighted by Crippen LogP contribution is -2.34. The van der Waals surface area contributed by atoms with Crippen LogP contribution in [0.2, 0.25) is 0 Å². The average molecular weight is 224 g/mol. The van der Waals surface area contributed by atoms with Gasteiger partial charge in [0.15, 0.2) is 0 Å². The number of hydrogen-bond donors (Lipinski definition) is 0. The minimum atomic E-state index is -0.0331. The summed E-state index contributed by atoms with van der Waals surface area (Å²) in [6.45, 7) is 3.04. The van der Waals surface area contributed by atoms with Gasteiger partial charge in [0.25, 0.3) is 0 Å².